The predicted molar refractivity (Wildman–Crippen MR) is 192 cm³/mol. The summed E-state index contributed by atoms with van der Waals surface area (Å²) in [6, 6.07) is 10.5. The molecule has 0 saturated heterocycles. The van der Waals surface area contributed by atoms with Gasteiger partial charge in [-0.2, -0.15) is 0 Å². The van der Waals surface area contributed by atoms with Gasteiger partial charge in [0.05, 0.1) is 13.2 Å². The van der Waals surface area contributed by atoms with Crippen LogP contribution in [0.1, 0.15) is 94.9 Å². The summed E-state index contributed by atoms with van der Waals surface area (Å²) >= 11 is 0. The van der Waals surface area contributed by atoms with E-state index in [0.717, 1.165) is 32.2 Å². The smallest absolute Gasteiger partial charge is 0.341 e. The average Bonchev–Trinajstić information content (AvgIpc) is 3.02. The fraction of sp³-hybridized carbons (Fsp3) is 0.622. The number of nitrogens with zero attached hydrogens (tertiary/aromatic N) is 2. The van der Waals surface area contributed by atoms with E-state index in [0.29, 0.717) is 72.3 Å². The maximum absolute atomic E-state index is 12.5. The number of carbonyl (C=O) groups is 2. The lowest BCUT2D eigenvalue weighted by atomic mass is 10.0. The lowest BCUT2D eigenvalue weighted by Crippen LogP contribution is -2.37. The Morgan fingerprint density at radius 1 is 0.681 bits per heavy atom. The summed E-state index contributed by atoms with van der Waals surface area (Å²) < 4.78 is 22.3. The Labute approximate surface area is 284 Å². The Balaban J connectivity index is 0.000000470. The molecular formula is C37H62N4O6. The van der Waals surface area contributed by atoms with Crippen molar-refractivity contribution < 1.29 is 28.5 Å². The second kappa shape index (κ2) is 22.1. The van der Waals surface area contributed by atoms with E-state index in [9.17, 15) is 9.59 Å². The van der Waals surface area contributed by atoms with E-state index in [2.05, 4.69) is 51.5 Å². The topological polar surface area (TPSA) is 130 Å². The highest BCUT2D eigenvalue weighted by Gasteiger charge is 2.21. The second-order valence-corrected chi connectivity index (χ2v) is 13.0. The fourth-order valence-corrected chi connectivity index (χ4v) is 4.73. The molecule has 0 saturated carbocycles. The first-order valence-corrected chi connectivity index (χ1v) is 17.0. The average molecular weight is 659 g/mol. The minimum absolute atomic E-state index is 0.202. The van der Waals surface area contributed by atoms with Gasteiger partial charge in [0.15, 0.2) is 0 Å². The molecule has 4 N–H and O–H groups in total. The predicted octanol–water partition coefficient (Wildman–Crippen LogP) is 6.77. The highest BCUT2D eigenvalue weighted by molar-refractivity contribution is 5.93. The number of anilines is 2. The molecule has 0 aromatic heterocycles. The summed E-state index contributed by atoms with van der Waals surface area (Å²) in [6.07, 6.45) is 3.68. The standard InChI is InChI=1S/C19H32N2O3.C18H30N2O3/c1-6-10-23-18-12-15(20)8-9-17(18)19(22)24-13-16(11-14(3)4)21(5)7-2;1-6-9-22-17-11-14(19)7-8-16(17)18(21)23-12-15(20(4)5)10-13(2)3/h8-9,12,14,16H,6-7,10-11,13,20H2,1-5H3;7-8,11,13,15H,6,9-10,12,19H2,1-5H3/t16-;15-/m01/s1. The first-order valence-electron chi connectivity index (χ1n) is 17.0. The van der Waals surface area contributed by atoms with Crippen molar-refractivity contribution in [3.8, 4) is 11.5 Å². The lowest BCUT2D eigenvalue weighted by molar-refractivity contribution is 0.0351. The molecule has 2 aromatic rings. The summed E-state index contributed by atoms with van der Waals surface area (Å²) in [4.78, 5) is 29.2. The number of likely N-dealkylation sites (N-methyl/N-ethyl adjacent to an activating group) is 2. The van der Waals surface area contributed by atoms with Gasteiger partial charge in [-0.05, 0) is 89.5 Å². The molecule has 2 aromatic carbocycles. The van der Waals surface area contributed by atoms with E-state index in [1.54, 1.807) is 36.4 Å². The largest absolute Gasteiger partial charge is 0.493 e. The first kappa shape index (κ1) is 41.5. The highest BCUT2D eigenvalue weighted by atomic mass is 16.5. The molecule has 47 heavy (non-hydrogen) atoms. The van der Waals surface area contributed by atoms with Crippen molar-refractivity contribution in [2.75, 3.05) is 65.6 Å². The van der Waals surface area contributed by atoms with E-state index < -0.39 is 0 Å². The van der Waals surface area contributed by atoms with Gasteiger partial charge in [-0.15, -0.1) is 0 Å². The zero-order valence-corrected chi connectivity index (χ0v) is 30.6. The molecule has 10 nitrogen and oxygen atoms in total. The summed E-state index contributed by atoms with van der Waals surface area (Å²) in [7, 11) is 6.06. The second-order valence-electron chi connectivity index (χ2n) is 13.0. The summed E-state index contributed by atoms with van der Waals surface area (Å²) in [6.45, 7) is 17.5. The fourth-order valence-electron chi connectivity index (χ4n) is 4.73. The lowest BCUT2D eigenvalue weighted by Gasteiger charge is -2.28. The van der Waals surface area contributed by atoms with Crippen LogP contribution >= 0.6 is 0 Å². The summed E-state index contributed by atoms with van der Waals surface area (Å²) in [5.41, 5.74) is 13.6. The van der Waals surface area contributed by atoms with Crippen LogP contribution in [-0.2, 0) is 9.47 Å². The van der Waals surface area contributed by atoms with Crippen molar-refractivity contribution in [1.29, 1.82) is 0 Å². The van der Waals surface area contributed by atoms with Crippen LogP contribution in [0.2, 0.25) is 0 Å². The number of ether oxygens (including phenoxy) is 4. The van der Waals surface area contributed by atoms with Gasteiger partial charge in [0.1, 0.15) is 35.8 Å². The third kappa shape index (κ3) is 15.8. The van der Waals surface area contributed by atoms with Gasteiger partial charge in [-0.25, -0.2) is 9.59 Å². The quantitative estimate of drug-likeness (QED) is 0.123. The van der Waals surface area contributed by atoms with Crippen molar-refractivity contribution in [3.63, 3.8) is 0 Å². The van der Waals surface area contributed by atoms with Crippen LogP contribution in [0.25, 0.3) is 0 Å². The van der Waals surface area contributed by atoms with Gasteiger partial charge < -0.3 is 40.2 Å². The molecule has 2 atom stereocenters. The zero-order chi connectivity index (χ0) is 35.5. The molecule has 0 heterocycles. The van der Waals surface area contributed by atoms with Gasteiger partial charge in [-0.3, -0.25) is 0 Å². The number of nitrogens with two attached hydrogens (primary N) is 2. The van der Waals surface area contributed by atoms with Crippen molar-refractivity contribution in [3.05, 3.63) is 47.5 Å². The number of hydrogen-bond donors (Lipinski definition) is 2. The van der Waals surface area contributed by atoms with Crippen LogP contribution < -0.4 is 20.9 Å². The van der Waals surface area contributed by atoms with Crippen LogP contribution in [0.4, 0.5) is 11.4 Å². The molecule has 0 spiro atoms. The van der Waals surface area contributed by atoms with Gasteiger partial charge >= 0.3 is 11.9 Å². The van der Waals surface area contributed by atoms with E-state index in [1.807, 2.05) is 27.9 Å². The third-order valence-corrected chi connectivity index (χ3v) is 7.53. The normalized spacial score (nSPS) is 12.5. The molecule has 0 bridgehead atoms. The van der Waals surface area contributed by atoms with Crippen molar-refractivity contribution >= 4 is 23.3 Å². The van der Waals surface area contributed by atoms with Crippen LogP contribution in [0.15, 0.2) is 36.4 Å². The number of nitrogen functional groups attached to an aromatic ring is 2. The molecule has 0 amide bonds. The number of esters is 2. The maximum Gasteiger partial charge on any atom is 0.341 e. The van der Waals surface area contributed by atoms with Crippen LogP contribution in [0.3, 0.4) is 0 Å². The number of carbonyl (C=O) groups excluding carboxylic acids is 2. The molecule has 0 aliphatic rings. The Hall–Kier alpha value is -3.50. The highest BCUT2D eigenvalue weighted by Crippen LogP contribution is 2.25. The number of rotatable bonds is 19. The van der Waals surface area contributed by atoms with Crippen molar-refractivity contribution in [1.82, 2.24) is 9.80 Å². The molecule has 0 unspecified atom stereocenters. The molecule has 0 aliphatic heterocycles. The van der Waals surface area contributed by atoms with E-state index in [4.69, 9.17) is 30.4 Å². The Morgan fingerprint density at radius 3 is 1.45 bits per heavy atom. The van der Waals surface area contributed by atoms with Crippen molar-refractivity contribution in [2.24, 2.45) is 11.8 Å². The van der Waals surface area contributed by atoms with Crippen molar-refractivity contribution in [2.45, 2.75) is 86.2 Å². The maximum atomic E-state index is 12.5. The number of hydrogen-bond acceptors (Lipinski definition) is 10. The van der Waals surface area contributed by atoms with Crippen LogP contribution in [-0.4, -0.2) is 87.9 Å². The van der Waals surface area contributed by atoms with Gasteiger partial charge in [0.25, 0.3) is 0 Å². The minimum Gasteiger partial charge on any atom is -0.493 e. The van der Waals surface area contributed by atoms with Gasteiger partial charge in [0, 0.05) is 35.6 Å². The van der Waals surface area contributed by atoms with E-state index in [-0.39, 0.29) is 24.0 Å². The molecule has 2 rings (SSSR count). The molecule has 0 radical (unpaired) electrons. The molecule has 0 aliphatic carbocycles. The first-order chi connectivity index (χ1) is 22.2. The Bertz CT molecular complexity index is 1200. The van der Waals surface area contributed by atoms with E-state index >= 15 is 0 Å². The zero-order valence-electron chi connectivity index (χ0n) is 30.6. The van der Waals surface area contributed by atoms with E-state index in [1.165, 1.54) is 0 Å². The molecular weight excluding hydrogens is 596 g/mol. The Kier molecular flexibility index (Phi) is 19.6. The van der Waals surface area contributed by atoms with Crippen LogP contribution in [0, 0.1) is 11.8 Å². The monoisotopic (exact) mass is 658 g/mol. The SMILES string of the molecule is CCCOc1cc(N)ccc1C(=O)OC[C@@H](CC(C)C)N(C)C.CCCOc1cc(N)ccc1C(=O)OC[C@H](CC(C)C)N(C)CC. The summed E-state index contributed by atoms with van der Waals surface area (Å²) in [5, 5.41) is 0. The van der Waals surface area contributed by atoms with Gasteiger partial charge in [-0.1, -0.05) is 48.5 Å². The summed E-state index contributed by atoms with van der Waals surface area (Å²) in [5.74, 6) is 1.34. The molecule has 10 heteroatoms. The molecule has 266 valence electrons. The Morgan fingerprint density at radius 2 is 1.09 bits per heavy atom. The van der Waals surface area contributed by atoms with Crippen LogP contribution in [0.5, 0.6) is 11.5 Å². The molecule has 0 fully saturated rings. The van der Waals surface area contributed by atoms with Gasteiger partial charge in [0.2, 0.25) is 0 Å². The number of benzene rings is 2. The third-order valence-electron chi connectivity index (χ3n) is 7.53. The minimum atomic E-state index is -0.369.